The predicted molar refractivity (Wildman–Crippen MR) is 151 cm³/mol. The van der Waals surface area contributed by atoms with Crippen LogP contribution in [0.25, 0.3) is 5.69 Å². The quantitative estimate of drug-likeness (QED) is 0.160. The van der Waals surface area contributed by atoms with Crippen LogP contribution in [0.5, 0.6) is 5.75 Å². The number of rotatable bonds is 12. The lowest BCUT2D eigenvalue weighted by Crippen LogP contribution is -2.27. The topological polar surface area (TPSA) is 124 Å². The first-order chi connectivity index (χ1) is 19.7. The van der Waals surface area contributed by atoms with Gasteiger partial charge in [0, 0.05) is 5.69 Å². The van der Waals surface area contributed by atoms with Gasteiger partial charge in [0.1, 0.15) is 5.75 Å². The summed E-state index contributed by atoms with van der Waals surface area (Å²) in [7, 11) is 0. The summed E-state index contributed by atoms with van der Waals surface area (Å²) in [5, 5.41) is 22.2. The van der Waals surface area contributed by atoms with Crippen LogP contribution >= 0.6 is 34.9 Å². The maximum absolute atomic E-state index is 13.4. The molecule has 0 saturated heterocycles. The molecule has 4 aromatic rings. The lowest BCUT2D eigenvalue weighted by Gasteiger charge is -2.14. The molecule has 0 atom stereocenters. The van der Waals surface area contributed by atoms with Crippen LogP contribution in [0.3, 0.4) is 0 Å². The van der Waals surface area contributed by atoms with Gasteiger partial charge in [-0.25, -0.2) is 0 Å². The van der Waals surface area contributed by atoms with Gasteiger partial charge in [-0.2, -0.15) is 13.2 Å². The minimum absolute atomic E-state index is 0.0314. The Labute approximate surface area is 245 Å². The monoisotopic (exact) mass is 623 g/mol. The van der Waals surface area contributed by atoms with E-state index in [-0.39, 0.29) is 24.0 Å². The van der Waals surface area contributed by atoms with Crippen LogP contribution < -0.4 is 15.4 Å². The molecule has 0 radical (unpaired) electrons. The van der Waals surface area contributed by atoms with Crippen LogP contribution in [0.4, 0.5) is 18.3 Å². The van der Waals surface area contributed by atoms with Crippen LogP contribution in [-0.2, 0) is 17.5 Å². The van der Waals surface area contributed by atoms with Crippen molar-refractivity contribution in [3.63, 3.8) is 0 Å². The van der Waals surface area contributed by atoms with Crippen LogP contribution in [0.15, 0.2) is 58.0 Å². The Morgan fingerprint density at radius 3 is 2.46 bits per heavy atom. The zero-order valence-electron chi connectivity index (χ0n) is 21.8. The molecule has 0 unspecified atom stereocenters. The maximum Gasteiger partial charge on any atom is 0.417 e. The van der Waals surface area contributed by atoms with Crippen LogP contribution in [0, 0.1) is 0 Å². The van der Waals surface area contributed by atoms with Crippen molar-refractivity contribution in [3.8, 4) is 11.4 Å². The third kappa shape index (κ3) is 7.98. The molecule has 4 rings (SSSR count). The fourth-order valence-electron chi connectivity index (χ4n) is 3.54. The van der Waals surface area contributed by atoms with Crippen LogP contribution in [0.1, 0.15) is 35.6 Å². The number of aromatic nitrogens is 5. The van der Waals surface area contributed by atoms with E-state index in [1.54, 1.807) is 28.8 Å². The van der Waals surface area contributed by atoms with E-state index < -0.39 is 23.2 Å². The minimum atomic E-state index is -4.69. The minimum Gasteiger partial charge on any atom is -0.494 e. The van der Waals surface area contributed by atoms with Crippen molar-refractivity contribution >= 4 is 51.8 Å². The van der Waals surface area contributed by atoms with Gasteiger partial charge in [0.15, 0.2) is 15.3 Å². The first-order valence-electron chi connectivity index (χ1n) is 12.2. The third-order valence-corrected chi connectivity index (χ3v) is 8.03. The molecule has 0 bridgehead atoms. The second-order valence-corrected chi connectivity index (χ2v) is 11.5. The Kier molecular flexibility index (Phi) is 10.2. The van der Waals surface area contributed by atoms with Crippen molar-refractivity contribution in [2.75, 3.05) is 23.4 Å². The molecule has 2 aromatic carbocycles. The van der Waals surface area contributed by atoms with Gasteiger partial charge in [-0.1, -0.05) is 53.9 Å². The van der Waals surface area contributed by atoms with Crippen molar-refractivity contribution in [2.24, 2.45) is 0 Å². The van der Waals surface area contributed by atoms with E-state index in [0.717, 1.165) is 34.0 Å². The van der Waals surface area contributed by atoms with Crippen LogP contribution in [-0.4, -0.2) is 54.9 Å². The van der Waals surface area contributed by atoms with Gasteiger partial charge >= 0.3 is 6.18 Å². The molecule has 41 heavy (non-hydrogen) atoms. The first-order valence-corrected chi connectivity index (χ1v) is 15.0. The molecule has 2 N–H and O–H groups in total. The summed E-state index contributed by atoms with van der Waals surface area (Å²) in [5.74, 6) is 0.437. The van der Waals surface area contributed by atoms with Gasteiger partial charge in [-0.05, 0) is 49.1 Å². The number of carbonyl (C=O) groups is 2. The van der Waals surface area contributed by atoms with Crippen molar-refractivity contribution in [1.29, 1.82) is 0 Å². The number of halogens is 3. The summed E-state index contributed by atoms with van der Waals surface area (Å²) in [5.41, 5.74) is -0.939. The summed E-state index contributed by atoms with van der Waals surface area (Å²) >= 11 is 3.88. The van der Waals surface area contributed by atoms with E-state index in [0.29, 0.717) is 28.3 Å². The number of ether oxygens (including phenoxy) is 1. The summed E-state index contributed by atoms with van der Waals surface area (Å²) < 4.78 is 48.1. The highest BCUT2D eigenvalue weighted by atomic mass is 32.2. The van der Waals surface area contributed by atoms with Gasteiger partial charge in [0.2, 0.25) is 11.0 Å². The van der Waals surface area contributed by atoms with Gasteiger partial charge in [0.05, 0.1) is 30.0 Å². The molecule has 2 heterocycles. The lowest BCUT2D eigenvalue weighted by molar-refractivity contribution is -0.138. The lowest BCUT2D eigenvalue weighted by atomic mass is 10.1. The number of benzene rings is 2. The van der Waals surface area contributed by atoms with E-state index >= 15 is 0 Å². The zero-order valence-corrected chi connectivity index (χ0v) is 24.2. The van der Waals surface area contributed by atoms with Gasteiger partial charge in [0.25, 0.3) is 5.91 Å². The number of nitrogens with zero attached hydrogens (tertiary/aromatic N) is 5. The Hall–Kier alpha value is -3.63. The Morgan fingerprint density at radius 2 is 1.76 bits per heavy atom. The number of anilines is 1. The number of carbonyl (C=O) groups excluding carboxylic acids is 2. The number of hydrogen-bond donors (Lipinski definition) is 2. The summed E-state index contributed by atoms with van der Waals surface area (Å²) in [6, 6.07) is 11.5. The molecule has 0 saturated carbocycles. The number of amides is 2. The second-order valence-electron chi connectivity index (χ2n) is 8.03. The second kappa shape index (κ2) is 13.8. The average Bonchev–Trinajstić information content (AvgIpc) is 3.57. The zero-order chi connectivity index (χ0) is 29.4. The van der Waals surface area contributed by atoms with E-state index in [2.05, 4.69) is 31.0 Å². The SMILES string of the molecule is CCOc1ccc(-n2c(CNC(=O)c3ccccc3C(F)(F)F)nnc2SCC(=O)Nc2nnc(SCC)s2)cc1. The molecule has 0 spiro atoms. The van der Waals surface area contributed by atoms with E-state index in [4.69, 9.17) is 4.74 Å². The fraction of sp³-hybridized carbons (Fsp3) is 0.280. The fourth-order valence-corrected chi connectivity index (χ4v) is 5.97. The van der Waals surface area contributed by atoms with E-state index in [1.807, 2.05) is 13.8 Å². The largest absolute Gasteiger partial charge is 0.494 e. The van der Waals surface area contributed by atoms with Crippen molar-refractivity contribution < 1.29 is 27.5 Å². The molecule has 0 fully saturated rings. The molecule has 2 amide bonds. The molecule has 10 nitrogen and oxygen atoms in total. The van der Waals surface area contributed by atoms with Crippen LogP contribution in [0.2, 0.25) is 0 Å². The standard InChI is InChI=1S/C25H24F3N7O3S3/c1-3-38-16-11-9-15(10-12-16)35-19(13-29-21(37)17-7-5-6-8-18(17)25(26,27)28)31-33-23(35)40-14-20(36)30-22-32-34-24(41-22)39-4-2/h5-12H,3-4,13-14H2,1-2H3,(H,29,37)(H,30,32,36). The molecular formula is C25H24F3N7O3S3. The summed E-state index contributed by atoms with van der Waals surface area (Å²) in [6.45, 7) is 4.10. The maximum atomic E-state index is 13.4. The predicted octanol–water partition coefficient (Wildman–Crippen LogP) is 5.31. The summed E-state index contributed by atoms with van der Waals surface area (Å²) in [4.78, 5) is 25.3. The van der Waals surface area contributed by atoms with E-state index in [1.165, 1.54) is 35.2 Å². The van der Waals surface area contributed by atoms with Crippen molar-refractivity contribution in [3.05, 3.63) is 65.5 Å². The Morgan fingerprint density at radius 1 is 1.00 bits per heavy atom. The van der Waals surface area contributed by atoms with Crippen molar-refractivity contribution in [1.82, 2.24) is 30.3 Å². The highest BCUT2D eigenvalue weighted by molar-refractivity contribution is 8.01. The normalized spacial score (nSPS) is 11.3. The Balaban J connectivity index is 1.52. The first kappa shape index (κ1) is 30.3. The average molecular weight is 624 g/mol. The highest BCUT2D eigenvalue weighted by Gasteiger charge is 2.34. The third-order valence-electron chi connectivity index (χ3n) is 5.24. The van der Waals surface area contributed by atoms with Gasteiger partial charge in [-0.3, -0.25) is 19.5 Å². The van der Waals surface area contributed by atoms with Gasteiger partial charge < -0.3 is 10.1 Å². The molecule has 2 aromatic heterocycles. The summed E-state index contributed by atoms with van der Waals surface area (Å²) in [6.07, 6.45) is -4.69. The number of hydrogen-bond acceptors (Lipinski definition) is 10. The Bertz CT molecular complexity index is 1490. The van der Waals surface area contributed by atoms with Gasteiger partial charge in [-0.15, -0.1) is 20.4 Å². The number of alkyl halides is 3. The molecular weight excluding hydrogens is 600 g/mol. The smallest absolute Gasteiger partial charge is 0.417 e. The highest BCUT2D eigenvalue weighted by Crippen LogP contribution is 2.32. The van der Waals surface area contributed by atoms with E-state index in [9.17, 15) is 22.8 Å². The number of nitrogens with one attached hydrogen (secondary N) is 2. The van der Waals surface area contributed by atoms with Crippen molar-refractivity contribution in [2.45, 2.75) is 36.1 Å². The molecule has 16 heteroatoms. The molecule has 0 aliphatic rings. The molecule has 216 valence electrons. The molecule has 0 aliphatic heterocycles. The molecule has 0 aliphatic carbocycles. The number of thioether (sulfide) groups is 2.